The quantitative estimate of drug-likeness (QED) is 0.611. The van der Waals surface area contributed by atoms with Crippen LogP contribution in [-0.2, 0) is 10.0 Å². The number of nitrogens with zero attached hydrogens (tertiary/aromatic N) is 2. The third kappa shape index (κ3) is 3.44. The summed E-state index contributed by atoms with van der Waals surface area (Å²) in [6.07, 6.45) is 0. The van der Waals surface area contributed by atoms with Crippen molar-refractivity contribution in [2.45, 2.75) is 0 Å². The summed E-state index contributed by atoms with van der Waals surface area (Å²) in [6, 6.07) is 0. The molecule has 0 atom stereocenters. The minimum Gasteiger partial charge on any atom is -0.367 e. The number of aromatic nitrogens is 2. The number of sulfonamides is 1. The SMILES string of the molecule is CNS(=O)(=O)CCNc1nc(N)ns1. The monoisotopic (exact) mass is 237 g/mol. The molecule has 0 saturated carbocycles. The molecule has 0 aliphatic heterocycles. The molecule has 0 radical (unpaired) electrons. The highest BCUT2D eigenvalue weighted by Crippen LogP contribution is 2.10. The maximum absolute atomic E-state index is 11.0. The van der Waals surface area contributed by atoms with Gasteiger partial charge in [0.25, 0.3) is 0 Å². The van der Waals surface area contributed by atoms with Gasteiger partial charge in [-0.2, -0.15) is 9.36 Å². The molecule has 0 fully saturated rings. The lowest BCUT2D eigenvalue weighted by Gasteiger charge is -2.02. The fourth-order valence-corrected chi connectivity index (χ4v) is 1.80. The Morgan fingerprint density at radius 1 is 1.57 bits per heavy atom. The first kappa shape index (κ1) is 11.1. The fraction of sp³-hybridized carbons (Fsp3) is 0.600. The number of nitrogens with two attached hydrogens (primary N) is 1. The van der Waals surface area contributed by atoms with Crippen LogP contribution in [0, 0.1) is 0 Å². The Kier molecular flexibility index (Phi) is 3.61. The molecular weight excluding hydrogens is 226 g/mol. The molecule has 0 amide bonds. The summed E-state index contributed by atoms with van der Waals surface area (Å²) in [4.78, 5) is 3.81. The van der Waals surface area contributed by atoms with Crippen LogP contribution in [0.15, 0.2) is 0 Å². The molecule has 1 heterocycles. The predicted octanol–water partition coefficient (Wildman–Crippen LogP) is -0.919. The van der Waals surface area contributed by atoms with Gasteiger partial charge >= 0.3 is 0 Å². The van der Waals surface area contributed by atoms with E-state index < -0.39 is 10.0 Å². The second kappa shape index (κ2) is 4.53. The zero-order valence-corrected chi connectivity index (χ0v) is 9.15. The van der Waals surface area contributed by atoms with Gasteiger partial charge in [-0.3, -0.25) is 0 Å². The Morgan fingerprint density at radius 2 is 2.29 bits per heavy atom. The average Bonchev–Trinajstić information content (AvgIpc) is 2.51. The van der Waals surface area contributed by atoms with Gasteiger partial charge in [0.1, 0.15) is 0 Å². The van der Waals surface area contributed by atoms with E-state index in [-0.39, 0.29) is 18.2 Å². The van der Waals surface area contributed by atoms with Crippen molar-refractivity contribution in [1.29, 1.82) is 0 Å². The number of hydrogen-bond donors (Lipinski definition) is 3. The molecule has 14 heavy (non-hydrogen) atoms. The lowest BCUT2D eigenvalue weighted by atomic mass is 10.7. The van der Waals surface area contributed by atoms with E-state index in [0.717, 1.165) is 11.5 Å². The van der Waals surface area contributed by atoms with Gasteiger partial charge in [0.05, 0.1) is 5.75 Å². The highest BCUT2D eigenvalue weighted by molar-refractivity contribution is 7.89. The third-order valence-corrected chi connectivity index (χ3v) is 3.45. The molecule has 0 saturated heterocycles. The summed E-state index contributed by atoms with van der Waals surface area (Å²) >= 11 is 1.10. The highest BCUT2D eigenvalue weighted by Gasteiger charge is 2.06. The standard InChI is InChI=1S/C5H11N5O2S2/c1-7-14(11,12)3-2-8-5-9-4(6)10-13-5/h7H,2-3H2,1H3,(H3,6,8,9,10). The van der Waals surface area contributed by atoms with Crippen molar-refractivity contribution in [3.05, 3.63) is 0 Å². The van der Waals surface area contributed by atoms with Crippen LogP contribution in [0.25, 0.3) is 0 Å². The summed E-state index contributed by atoms with van der Waals surface area (Å²) < 4.78 is 27.9. The molecule has 1 rings (SSSR count). The molecule has 1 aromatic heterocycles. The minimum atomic E-state index is -3.17. The molecule has 9 heteroatoms. The smallest absolute Gasteiger partial charge is 0.233 e. The normalized spacial score (nSPS) is 11.5. The molecule has 0 aliphatic carbocycles. The number of anilines is 2. The molecule has 1 aromatic rings. The van der Waals surface area contributed by atoms with E-state index in [4.69, 9.17) is 5.73 Å². The largest absolute Gasteiger partial charge is 0.367 e. The molecule has 7 nitrogen and oxygen atoms in total. The van der Waals surface area contributed by atoms with Crippen LogP contribution < -0.4 is 15.8 Å². The Balaban J connectivity index is 2.36. The predicted molar refractivity (Wildman–Crippen MR) is 55.7 cm³/mol. The summed E-state index contributed by atoms with van der Waals surface area (Å²) in [7, 11) is -1.80. The zero-order valence-electron chi connectivity index (χ0n) is 7.52. The molecule has 80 valence electrons. The topological polar surface area (TPSA) is 110 Å². The van der Waals surface area contributed by atoms with Crippen molar-refractivity contribution in [2.75, 3.05) is 30.4 Å². The zero-order chi connectivity index (χ0) is 10.6. The first-order valence-corrected chi connectivity index (χ1v) is 6.20. The third-order valence-electron chi connectivity index (χ3n) is 1.40. The van der Waals surface area contributed by atoms with Crippen LogP contribution in [0.4, 0.5) is 11.1 Å². The Labute approximate surface area is 85.9 Å². The van der Waals surface area contributed by atoms with Gasteiger partial charge in [0.15, 0.2) is 0 Å². The first-order valence-electron chi connectivity index (χ1n) is 3.78. The summed E-state index contributed by atoms with van der Waals surface area (Å²) in [5, 5.41) is 3.32. The number of rotatable bonds is 5. The van der Waals surface area contributed by atoms with E-state index in [2.05, 4.69) is 19.4 Å². The Bertz CT molecular complexity index is 387. The lowest BCUT2D eigenvalue weighted by Crippen LogP contribution is -2.26. The molecule has 0 bridgehead atoms. The summed E-state index contributed by atoms with van der Waals surface area (Å²) in [5.74, 6) is 0.178. The number of nitrogen functional groups attached to an aromatic ring is 1. The Morgan fingerprint density at radius 3 is 2.79 bits per heavy atom. The van der Waals surface area contributed by atoms with Crippen molar-refractivity contribution in [1.82, 2.24) is 14.1 Å². The molecular formula is C5H11N5O2S2. The van der Waals surface area contributed by atoms with Crippen LogP contribution in [0.3, 0.4) is 0 Å². The van der Waals surface area contributed by atoms with E-state index >= 15 is 0 Å². The molecule has 0 aliphatic rings. The van der Waals surface area contributed by atoms with Gasteiger partial charge in [-0.15, -0.1) is 0 Å². The minimum absolute atomic E-state index is 0.0109. The number of nitrogens with one attached hydrogen (secondary N) is 2. The van der Waals surface area contributed by atoms with Gasteiger partial charge < -0.3 is 11.1 Å². The average molecular weight is 237 g/mol. The molecule has 0 aromatic carbocycles. The van der Waals surface area contributed by atoms with E-state index in [1.54, 1.807) is 0 Å². The van der Waals surface area contributed by atoms with Gasteiger partial charge in [-0.25, -0.2) is 13.1 Å². The van der Waals surface area contributed by atoms with Gasteiger partial charge in [0.2, 0.25) is 21.1 Å². The van der Waals surface area contributed by atoms with E-state index in [9.17, 15) is 8.42 Å². The lowest BCUT2D eigenvalue weighted by molar-refractivity contribution is 0.588. The molecule has 0 unspecified atom stereocenters. The second-order valence-corrected chi connectivity index (χ2v) is 5.21. The maximum atomic E-state index is 11.0. The van der Waals surface area contributed by atoms with Gasteiger partial charge in [0, 0.05) is 18.1 Å². The highest BCUT2D eigenvalue weighted by atomic mass is 32.2. The van der Waals surface area contributed by atoms with Gasteiger partial charge in [-0.05, 0) is 7.05 Å². The summed E-state index contributed by atoms with van der Waals surface area (Å²) in [5.41, 5.74) is 5.28. The van der Waals surface area contributed by atoms with E-state index in [1.165, 1.54) is 7.05 Å². The van der Waals surface area contributed by atoms with Crippen molar-refractivity contribution in [3.63, 3.8) is 0 Å². The molecule has 0 spiro atoms. The van der Waals surface area contributed by atoms with Gasteiger partial charge in [-0.1, -0.05) is 0 Å². The van der Waals surface area contributed by atoms with Crippen LogP contribution in [0.1, 0.15) is 0 Å². The number of hydrogen-bond acceptors (Lipinski definition) is 7. The van der Waals surface area contributed by atoms with E-state index in [1.807, 2.05) is 0 Å². The van der Waals surface area contributed by atoms with Crippen molar-refractivity contribution < 1.29 is 8.42 Å². The Hall–Kier alpha value is -0.930. The summed E-state index contributed by atoms with van der Waals surface area (Å²) in [6.45, 7) is 0.276. The maximum Gasteiger partial charge on any atom is 0.233 e. The first-order chi connectivity index (χ1) is 6.53. The van der Waals surface area contributed by atoms with Crippen LogP contribution in [-0.4, -0.2) is 37.1 Å². The van der Waals surface area contributed by atoms with Crippen molar-refractivity contribution >= 4 is 32.6 Å². The van der Waals surface area contributed by atoms with Crippen LogP contribution >= 0.6 is 11.5 Å². The fourth-order valence-electron chi connectivity index (χ4n) is 0.701. The van der Waals surface area contributed by atoms with E-state index in [0.29, 0.717) is 5.13 Å². The van der Waals surface area contributed by atoms with Crippen molar-refractivity contribution in [3.8, 4) is 0 Å². The van der Waals surface area contributed by atoms with Crippen molar-refractivity contribution in [2.24, 2.45) is 0 Å². The van der Waals surface area contributed by atoms with Crippen LogP contribution in [0.5, 0.6) is 0 Å². The molecule has 4 N–H and O–H groups in total. The van der Waals surface area contributed by atoms with Crippen LogP contribution in [0.2, 0.25) is 0 Å². The second-order valence-electron chi connectivity index (χ2n) is 2.41.